The van der Waals surface area contributed by atoms with Crippen LogP contribution in [0.15, 0.2) is 0 Å². The van der Waals surface area contributed by atoms with E-state index in [1.165, 1.54) is 24.1 Å². The zero-order chi connectivity index (χ0) is 10.4. The maximum absolute atomic E-state index is 10.8. The van der Waals surface area contributed by atoms with Crippen LogP contribution in [0.1, 0.15) is 42.1 Å². The van der Waals surface area contributed by atoms with Gasteiger partial charge in [0.1, 0.15) is 0 Å². The quantitative estimate of drug-likeness (QED) is 0.770. The minimum absolute atomic E-state index is 0.181. The number of aromatic amines is 1. The lowest BCUT2D eigenvalue weighted by molar-refractivity contribution is -0.138. The molecule has 3 rings (SSSR count). The minimum atomic E-state index is -0.674. The Bertz CT molecular complexity index is 411. The average molecular weight is 206 g/mol. The van der Waals surface area contributed by atoms with Crippen molar-refractivity contribution in [3.05, 3.63) is 17.0 Å². The summed E-state index contributed by atoms with van der Waals surface area (Å²) in [5, 5.41) is 16.3. The Morgan fingerprint density at radius 2 is 2.20 bits per heavy atom. The van der Waals surface area contributed by atoms with Gasteiger partial charge in [-0.15, -0.1) is 0 Å². The molecule has 0 spiro atoms. The first kappa shape index (κ1) is 8.95. The third kappa shape index (κ3) is 1.35. The molecule has 0 radical (unpaired) electrons. The molecule has 2 unspecified atom stereocenters. The molecule has 1 fully saturated rings. The van der Waals surface area contributed by atoms with Crippen molar-refractivity contribution in [2.45, 2.75) is 38.0 Å². The number of rotatable bonds is 2. The van der Waals surface area contributed by atoms with Gasteiger partial charge in [-0.05, 0) is 37.7 Å². The lowest BCUT2D eigenvalue weighted by atomic mass is 9.94. The number of nitrogens with one attached hydrogen (secondary N) is 1. The highest BCUT2D eigenvalue weighted by molar-refractivity contribution is 5.75. The van der Waals surface area contributed by atoms with E-state index in [-0.39, 0.29) is 11.8 Å². The Kier molecular flexibility index (Phi) is 1.84. The van der Waals surface area contributed by atoms with Crippen LogP contribution in [0, 0.1) is 5.92 Å². The standard InChI is InChI=1S/C11H14N2O2/c14-11(15)8-5-7(8)10-6-3-1-2-4-9(6)12-13-10/h7-8H,1-5H2,(H,12,13)(H,14,15). The molecule has 15 heavy (non-hydrogen) atoms. The van der Waals surface area contributed by atoms with E-state index in [2.05, 4.69) is 10.2 Å². The normalized spacial score (nSPS) is 28.5. The Balaban J connectivity index is 1.87. The van der Waals surface area contributed by atoms with Gasteiger partial charge in [0.2, 0.25) is 0 Å². The van der Waals surface area contributed by atoms with Crippen molar-refractivity contribution >= 4 is 5.97 Å². The second-order valence-electron chi connectivity index (χ2n) is 4.56. The van der Waals surface area contributed by atoms with Crippen LogP contribution >= 0.6 is 0 Å². The maximum Gasteiger partial charge on any atom is 0.307 e. The van der Waals surface area contributed by atoms with E-state index < -0.39 is 5.97 Å². The number of fused-ring (bicyclic) bond motifs is 1. The molecule has 1 saturated carbocycles. The first-order valence-electron chi connectivity index (χ1n) is 5.56. The van der Waals surface area contributed by atoms with Gasteiger partial charge in [0.25, 0.3) is 0 Å². The van der Waals surface area contributed by atoms with Crippen LogP contribution in [0.25, 0.3) is 0 Å². The first-order chi connectivity index (χ1) is 7.27. The SMILES string of the molecule is O=C(O)C1CC1c1n[nH]c2c1CCCC2. The number of H-pyrrole nitrogens is 1. The first-order valence-corrected chi connectivity index (χ1v) is 5.56. The highest BCUT2D eigenvalue weighted by atomic mass is 16.4. The molecule has 2 aliphatic rings. The zero-order valence-corrected chi connectivity index (χ0v) is 8.49. The molecule has 2 aliphatic carbocycles. The van der Waals surface area contributed by atoms with Gasteiger partial charge < -0.3 is 5.11 Å². The molecule has 1 aromatic heterocycles. The number of hydrogen-bond donors (Lipinski definition) is 2. The lowest BCUT2D eigenvalue weighted by Gasteiger charge is -2.10. The van der Waals surface area contributed by atoms with E-state index in [0.29, 0.717) is 0 Å². The summed E-state index contributed by atoms with van der Waals surface area (Å²) in [5.74, 6) is -0.674. The van der Waals surface area contributed by atoms with Crippen LogP contribution in [0.4, 0.5) is 0 Å². The van der Waals surface area contributed by atoms with Crippen molar-refractivity contribution in [3.8, 4) is 0 Å². The van der Waals surface area contributed by atoms with Gasteiger partial charge in [0, 0.05) is 11.6 Å². The third-order valence-electron chi connectivity index (χ3n) is 3.55. The van der Waals surface area contributed by atoms with Crippen LogP contribution in [0.3, 0.4) is 0 Å². The fraction of sp³-hybridized carbons (Fsp3) is 0.636. The van der Waals surface area contributed by atoms with Gasteiger partial charge in [0.05, 0.1) is 11.6 Å². The lowest BCUT2D eigenvalue weighted by Crippen LogP contribution is -2.04. The second-order valence-corrected chi connectivity index (χ2v) is 4.56. The van der Waals surface area contributed by atoms with E-state index in [1.54, 1.807) is 0 Å². The third-order valence-corrected chi connectivity index (χ3v) is 3.55. The molecule has 1 heterocycles. The highest BCUT2D eigenvalue weighted by Crippen LogP contribution is 2.48. The summed E-state index contributed by atoms with van der Waals surface area (Å²) >= 11 is 0. The number of carboxylic acid groups (broad SMARTS) is 1. The largest absolute Gasteiger partial charge is 0.481 e. The summed E-state index contributed by atoms with van der Waals surface area (Å²) in [6, 6.07) is 0. The van der Waals surface area contributed by atoms with Crippen molar-refractivity contribution < 1.29 is 9.90 Å². The number of hydrogen-bond acceptors (Lipinski definition) is 2. The van der Waals surface area contributed by atoms with Crippen molar-refractivity contribution in [2.24, 2.45) is 5.92 Å². The van der Waals surface area contributed by atoms with E-state index in [9.17, 15) is 4.79 Å². The average Bonchev–Trinajstić information content (AvgIpc) is 2.92. The summed E-state index contributed by atoms with van der Waals surface area (Å²) in [5.41, 5.74) is 3.60. The Hall–Kier alpha value is -1.32. The summed E-state index contributed by atoms with van der Waals surface area (Å²) in [4.78, 5) is 10.8. The Labute approximate surface area is 87.7 Å². The van der Waals surface area contributed by atoms with E-state index in [0.717, 1.165) is 25.0 Å². The highest BCUT2D eigenvalue weighted by Gasteiger charge is 2.47. The maximum atomic E-state index is 10.8. The second kappa shape index (κ2) is 3.08. The number of carboxylic acids is 1. The molecular formula is C11H14N2O2. The molecule has 0 bridgehead atoms. The predicted molar refractivity (Wildman–Crippen MR) is 53.7 cm³/mol. The molecule has 80 valence electrons. The molecule has 0 amide bonds. The number of aryl methyl sites for hydroxylation is 1. The van der Waals surface area contributed by atoms with Gasteiger partial charge in [0.15, 0.2) is 0 Å². The smallest absolute Gasteiger partial charge is 0.307 e. The zero-order valence-electron chi connectivity index (χ0n) is 8.49. The van der Waals surface area contributed by atoms with Crippen LogP contribution in [0.2, 0.25) is 0 Å². The van der Waals surface area contributed by atoms with Crippen LogP contribution < -0.4 is 0 Å². The van der Waals surface area contributed by atoms with Gasteiger partial charge in [-0.1, -0.05) is 0 Å². The molecule has 2 atom stereocenters. The summed E-state index contributed by atoms with van der Waals surface area (Å²) < 4.78 is 0. The van der Waals surface area contributed by atoms with Crippen LogP contribution in [-0.2, 0) is 17.6 Å². The van der Waals surface area contributed by atoms with E-state index in [4.69, 9.17) is 5.11 Å². The predicted octanol–water partition coefficient (Wildman–Crippen LogP) is 1.48. The van der Waals surface area contributed by atoms with Gasteiger partial charge in [-0.25, -0.2) is 0 Å². The molecule has 4 nitrogen and oxygen atoms in total. The van der Waals surface area contributed by atoms with Gasteiger partial charge in [-0.2, -0.15) is 5.10 Å². The van der Waals surface area contributed by atoms with Gasteiger partial charge >= 0.3 is 5.97 Å². The minimum Gasteiger partial charge on any atom is -0.481 e. The van der Waals surface area contributed by atoms with Crippen molar-refractivity contribution in [2.75, 3.05) is 0 Å². The Morgan fingerprint density at radius 1 is 1.40 bits per heavy atom. The fourth-order valence-corrected chi connectivity index (χ4v) is 2.58. The molecular weight excluding hydrogens is 192 g/mol. The number of carbonyl (C=O) groups is 1. The van der Waals surface area contributed by atoms with Crippen molar-refractivity contribution in [3.63, 3.8) is 0 Å². The molecule has 0 aliphatic heterocycles. The van der Waals surface area contributed by atoms with E-state index in [1.807, 2.05) is 0 Å². The number of aliphatic carboxylic acids is 1. The van der Waals surface area contributed by atoms with Crippen LogP contribution in [0.5, 0.6) is 0 Å². The summed E-state index contributed by atoms with van der Waals surface area (Å²) in [6.07, 6.45) is 5.36. The molecule has 1 aromatic rings. The van der Waals surface area contributed by atoms with Crippen molar-refractivity contribution in [1.82, 2.24) is 10.2 Å². The monoisotopic (exact) mass is 206 g/mol. The fourth-order valence-electron chi connectivity index (χ4n) is 2.58. The van der Waals surface area contributed by atoms with Crippen LogP contribution in [-0.4, -0.2) is 21.3 Å². The summed E-state index contributed by atoms with van der Waals surface area (Å²) in [6.45, 7) is 0. The molecule has 2 N–H and O–H groups in total. The van der Waals surface area contributed by atoms with Crippen molar-refractivity contribution in [1.29, 1.82) is 0 Å². The molecule has 0 aromatic carbocycles. The van der Waals surface area contributed by atoms with Gasteiger partial charge in [-0.3, -0.25) is 9.89 Å². The number of nitrogens with zero attached hydrogens (tertiary/aromatic N) is 1. The molecule has 4 heteroatoms. The number of aromatic nitrogens is 2. The Morgan fingerprint density at radius 3 is 2.93 bits per heavy atom. The molecule has 0 saturated heterocycles. The van der Waals surface area contributed by atoms with E-state index >= 15 is 0 Å². The summed E-state index contributed by atoms with van der Waals surface area (Å²) in [7, 11) is 0. The topological polar surface area (TPSA) is 66.0 Å².